The Bertz CT molecular complexity index is 731. The number of halogens is 1. The number of aryl methyl sites for hydroxylation is 2. The Hall–Kier alpha value is -1.95. The molecule has 2 N–H and O–H groups in total. The highest BCUT2D eigenvalue weighted by atomic mass is 79.9. The van der Waals surface area contributed by atoms with Gasteiger partial charge in [-0.1, -0.05) is 35.8 Å². The summed E-state index contributed by atoms with van der Waals surface area (Å²) in [5.74, 6) is 0.846. The minimum atomic E-state index is -0.247. The number of carbonyl (C=O) groups is 1. The van der Waals surface area contributed by atoms with Gasteiger partial charge in [-0.25, -0.2) is 9.97 Å². The van der Waals surface area contributed by atoms with Crippen molar-refractivity contribution in [2.45, 2.75) is 34.1 Å². The number of hydrogen-bond donors (Lipinski definition) is 2. The molecule has 0 radical (unpaired) electrons. The highest BCUT2D eigenvalue weighted by molar-refractivity contribution is 9.10. The van der Waals surface area contributed by atoms with Gasteiger partial charge in [-0.05, 0) is 49.9 Å². The number of hydrogen-bond acceptors (Lipinski definition) is 4. The van der Waals surface area contributed by atoms with Crippen LogP contribution in [-0.2, 0) is 0 Å². The van der Waals surface area contributed by atoms with Gasteiger partial charge in [0.25, 0.3) is 5.91 Å². The van der Waals surface area contributed by atoms with Crippen LogP contribution in [0, 0.1) is 19.8 Å². The van der Waals surface area contributed by atoms with Crippen LogP contribution in [0.15, 0.2) is 28.7 Å². The lowest BCUT2D eigenvalue weighted by Crippen LogP contribution is -2.16. The zero-order valence-corrected chi connectivity index (χ0v) is 16.1. The lowest BCUT2D eigenvalue weighted by atomic mass is 10.1. The van der Waals surface area contributed by atoms with Crippen LogP contribution in [0.2, 0.25) is 0 Å². The standard InChI is InChI=1S/C18H23BrN4O/c1-11(2)7-8-20-18-21-13(4)9-16(23-18)17(24)22-14-6-5-12(3)15(19)10-14/h5-6,9-11H,7-8H2,1-4H3,(H,22,24)(H,20,21,23). The second-order valence-corrected chi connectivity index (χ2v) is 7.10. The predicted octanol–water partition coefficient (Wildman–Crippen LogP) is 4.57. The molecule has 0 aliphatic heterocycles. The van der Waals surface area contributed by atoms with Crippen molar-refractivity contribution in [1.29, 1.82) is 0 Å². The van der Waals surface area contributed by atoms with Crippen LogP contribution in [0.25, 0.3) is 0 Å². The van der Waals surface area contributed by atoms with E-state index in [0.29, 0.717) is 17.6 Å². The average Bonchev–Trinajstić information content (AvgIpc) is 2.50. The molecule has 0 bridgehead atoms. The van der Waals surface area contributed by atoms with Gasteiger partial charge in [-0.15, -0.1) is 0 Å². The molecule has 1 amide bonds. The Morgan fingerprint density at radius 3 is 2.62 bits per heavy atom. The molecule has 1 heterocycles. The summed E-state index contributed by atoms with van der Waals surface area (Å²) in [5.41, 5.74) is 2.95. The van der Waals surface area contributed by atoms with Gasteiger partial charge in [0.2, 0.25) is 5.95 Å². The predicted molar refractivity (Wildman–Crippen MR) is 102 cm³/mol. The fraction of sp³-hybridized carbons (Fsp3) is 0.389. The highest BCUT2D eigenvalue weighted by Crippen LogP contribution is 2.21. The van der Waals surface area contributed by atoms with Gasteiger partial charge in [0.1, 0.15) is 5.69 Å². The van der Waals surface area contributed by atoms with Crippen LogP contribution < -0.4 is 10.6 Å². The summed E-state index contributed by atoms with van der Waals surface area (Å²) in [5, 5.41) is 6.05. The molecular formula is C18H23BrN4O. The third kappa shape index (κ3) is 5.30. The molecule has 0 spiro atoms. The number of benzene rings is 1. The smallest absolute Gasteiger partial charge is 0.274 e. The lowest BCUT2D eigenvalue weighted by Gasteiger charge is -2.10. The molecule has 2 rings (SSSR count). The topological polar surface area (TPSA) is 66.9 Å². The molecule has 0 aliphatic rings. The van der Waals surface area contributed by atoms with E-state index in [0.717, 1.165) is 34.4 Å². The van der Waals surface area contributed by atoms with E-state index < -0.39 is 0 Å². The van der Waals surface area contributed by atoms with Crippen LogP contribution in [0.4, 0.5) is 11.6 Å². The van der Waals surface area contributed by atoms with Crippen molar-refractivity contribution in [2.75, 3.05) is 17.2 Å². The van der Waals surface area contributed by atoms with Crippen molar-refractivity contribution in [3.63, 3.8) is 0 Å². The first-order valence-electron chi connectivity index (χ1n) is 8.02. The van der Waals surface area contributed by atoms with Crippen molar-refractivity contribution in [2.24, 2.45) is 5.92 Å². The van der Waals surface area contributed by atoms with Gasteiger partial charge in [0, 0.05) is 22.4 Å². The first-order chi connectivity index (χ1) is 11.3. The third-order valence-electron chi connectivity index (χ3n) is 3.52. The van der Waals surface area contributed by atoms with E-state index >= 15 is 0 Å². The van der Waals surface area contributed by atoms with E-state index in [1.807, 2.05) is 32.0 Å². The Morgan fingerprint density at radius 1 is 1.21 bits per heavy atom. The molecule has 0 saturated heterocycles. The van der Waals surface area contributed by atoms with E-state index in [-0.39, 0.29) is 5.91 Å². The van der Waals surface area contributed by atoms with Crippen molar-refractivity contribution in [3.8, 4) is 0 Å². The summed E-state index contributed by atoms with van der Waals surface area (Å²) in [4.78, 5) is 21.1. The maximum absolute atomic E-state index is 12.5. The van der Waals surface area contributed by atoms with Crippen LogP contribution in [0.1, 0.15) is 42.0 Å². The number of anilines is 2. The monoisotopic (exact) mass is 390 g/mol. The zero-order valence-electron chi connectivity index (χ0n) is 14.5. The number of aromatic nitrogens is 2. The van der Waals surface area contributed by atoms with Gasteiger partial charge in [0.15, 0.2) is 0 Å². The first kappa shape index (κ1) is 18.4. The lowest BCUT2D eigenvalue weighted by molar-refractivity contribution is 0.102. The van der Waals surface area contributed by atoms with Crippen LogP contribution >= 0.6 is 15.9 Å². The molecule has 128 valence electrons. The molecule has 1 aromatic heterocycles. The van der Waals surface area contributed by atoms with Crippen molar-refractivity contribution < 1.29 is 4.79 Å². The molecule has 0 fully saturated rings. The Labute approximate surface area is 151 Å². The fourth-order valence-electron chi connectivity index (χ4n) is 2.10. The summed E-state index contributed by atoms with van der Waals surface area (Å²) in [6.45, 7) is 8.97. The summed E-state index contributed by atoms with van der Waals surface area (Å²) in [7, 11) is 0. The molecule has 1 aromatic carbocycles. The highest BCUT2D eigenvalue weighted by Gasteiger charge is 2.11. The largest absolute Gasteiger partial charge is 0.354 e. The quantitative estimate of drug-likeness (QED) is 0.757. The van der Waals surface area contributed by atoms with E-state index in [9.17, 15) is 4.79 Å². The molecule has 5 nitrogen and oxygen atoms in total. The average molecular weight is 391 g/mol. The molecule has 24 heavy (non-hydrogen) atoms. The molecule has 0 aliphatic carbocycles. The molecular weight excluding hydrogens is 368 g/mol. The molecule has 0 saturated carbocycles. The number of rotatable bonds is 6. The third-order valence-corrected chi connectivity index (χ3v) is 4.38. The maximum Gasteiger partial charge on any atom is 0.274 e. The Kier molecular flexibility index (Phi) is 6.31. The molecule has 0 unspecified atom stereocenters. The zero-order chi connectivity index (χ0) is 17.7. The minimum absolute atomic E-state index is 0.247. The van der Waals surface area contributed by atoms with E-state index in [1.54, 1.807) is 6.07 Å². The van der Waals surface area contributed by atoms with Gasteiger partial charge >= 0.3 is 0 Å². The van der Waals surface area contributed by atoms with E-state index in [2.05, 4.69) is 50.4 Å². The number of amides is 1. The van der Waals surface area contributed by atoms with Crippen molar-refractivity contribution >= 4 is 33.5 Å². The van der Waals surface area contributed by atoms with Gasteiger partial charge in [-0.2, -0.15) is 0 Å². The van der Waals surface area contributed by atoms with Crippen LogP contribution in [0.5, 0.6) is 0 Å². The van der Waals surface area contributed by atoms with Gasteiger partial charge < -0.3 is 10.6 Å². The normalized spacial score (nSPS) is 10.8. The number of carbonyl (C=O) groups excluding carboxylic acids is 1. The molecule has 2 aromatic rings. The number of nitrogens with zero attached hydrogens (tertiary/aromatic N) is 2. The SMILES string of the molecule is Cc1cc(C(=O)Nc2ccc(C)c(Br)c2)nc(NCCC(C)C)n1. The second-order valence-electron chi connectivity index (χ2n) is 6.25. The maximum atomic E-state index is 12.5. The second kappa shape index (κ2) is 8.24. The summed E-state index contributed by atoms with van der Waals surface area (Å²) >= 11 is 3.47. The summed E-state index contributed by atoms with van der Waals surface area (Å²) in [6.07, 6.45) is 1.02. The molecule has 6 heteroatoms. The van der Waals surface area contributed by atoms with Gasteiger partial charge in [0.05, 0.1) is 0 Å². The Morgan fingerprint density at radius 2 is 1.96 bits per heavy atom. The van der Waals surface area contributed by atoms with Crippen LogP contribution in [-0.4, -0.2) is 22.4 Å². The van der Waals surface area contributed by atoms with Crippen molar-refractivity contribution in [3.05, 3.63) is 45.7 Å². The molecule has 0 atom stereocenters. The minimum Gasteiger partial charge on any atom is -0.354 e. The number of nitrogens with one attached hydrogen (secondary N) is 2. The van der Waals surface area contributed by atoms with Crippen LogP contribution in [0.3, 0.4) is 0 Å². The van der Waals surface area contributed by atoms with E-state index in [1.165, 1.54) is 0 Å². The van der Waals surface area contributed by atoms with Gasteiger partial charge in [-0.3, -0.25) is 4.79 Å². The van der Waals surface area contributed by atoms with Crippen molar-refractivity contribution in [1.82, 2.24) is 9.97 Å². The first-order valence-corrected chi connectivity index (χ1v) is 8.81. The summed E-state index contributed by atoms with van der Waals surface area (Å²) < 4.78 is 0.954. The summed E-state index contributed by atoms with van der Waals surface area (Å²) in [6, 6.07) is 7.38. The van der Waals surface area contributed by atoms with E-state index in [4.69, 9.17) is 0 Å². The Balaban J connectivity index is 2.10. The fourth-order valence-corrected chi connectivity index (χ4v) is 2.48.